The molecule has 0 heterocycles. The highest BCUT2D eigenvalue weighted by Gasteiger charge is 2.34. The number of hydrogen-bond donors (Lipinski definition) is 0. The van der Waals surface area contributed by atoms with Gasteiger partial charge in [-0.3, -0.25) is 0 Å². The van der Waals surface area contributed by atoms with E-state index < -0.39 is 40.8 Å². The minimum atomic E-state index is -1.14. The number of fused-ring (bicyclic) bond motifs is 1. The minimum Gasteiger partial charge on any atom is -0.207 e. The lowest BCUT2D eigenvalue weighted by Crippen LogP contribution is -2.23. The lowest BCUT2D eigenvalue weighted by molar-refractivity contribution is 0.353. The smallest absolute Gasteiger partial charge is 0.165 e. The summed E-state index contributed by atoms with van der Waals surface area (Å²) in [6.07, 6.45) is 5.85. The summed E-state index contributed by atoms with van der Waals surface area (Å²) in [4.78, 5) is 0. The maximum atomic E-state index is 15.8. The van der Waals surface area contributed by atoms with E-state index in [-0.39, 0.29) is 58.9 Å². The van der Waals surface area contributed by atoms with Gasteiger partial charge in [-0.25, -0.2) is 26.3 Å². The van der Waals surface area contributed by atoms with Crippen LogP contribution in [0, 0.1) is 52.2 Å². The molecule has 1 saturated carbocycles. The van der Waals surface area contributed by atoms with E-state index in [2.05, 4.69) is 0 Å². The van der Waals surface area contributed by atoms with Crippen molar-refractivity contribution in [2.75, 3.05) is 0 Å². The van der Waals surface area contributed by atoms with Crippen molar-refractivity contribution in [1.82, 2.24) is 0 Å². The molecule has 42 heavy (non-hydrogen) atoms. The number of nitrogens with zero attached hydrogens (tertiary/aromatic N) is 1. The molecule has 222 valence electrons. The zero-order valence-electron chi connectivity index (χ0n) is 23.8. The monoisotopic (exact) mass is 583 g/mol. The van der Waals surface area contributed by atoms with Crippen LogP contribution in [0.4, 0.5) is 26.3 Å². The van der Waals surface area contributed by atoms with Gasteiger partial charge < -0.3 is 0 Å². The zero-order chi connectivity index (χ0) is 30.0. The molecule has 0 aliphatic heterocycles. The van der Waals surface area contributed by atoms with Crippen LogP contribution < -0.4 is 0 Å². The van der Waals surface area contributed by atoms with Gasteiger partial charge >= 0.3 is 0 Å². The standard InChI is InChI=1S/C35H35F6N/c1-2-3-4-21-16-30(37)27(31(38)17-21)14-6-20-5-13-26-28(15-20)34(40)35(41)32(33(26)39)23-9-7-22(8-10-23)24-11-12-25(19-42)29(36)18-24/h11-12,16-18,20,22-23H,2-10,13-15H2,1H3. The summed E-state index contributed by atoms with van der Waals surface area (Å²) in [5.74, 6) is -5.19. The fraction of sp³-hybridized carbons (Fsp3) is 0.457. The van der Waals surface area contributed by atoms with Gasteiger partial charge in [-0.1, -0.05) is 19.4 Å². The molecule has 3 aromatic rings. The van der Waals surface area contributed by atoms with Gasteiger partial charge in [-0.15, -0.1) is 0 Å². The fourth-order valence-corrected chi connectivity index (χ4v) is 6.95. The summed E-state index contributed by atoms with van der Waals surface area (Å²) in [5, 5.41) is 8.96. The van der Waals surface area contributed by atoms with Crippen molar-refractivity contribution in [3.05, 3.63) is 104 Å². The number of hydrogen-bond acceptors (Lipinski definition) is 1. The second-order valence-corrected chi connectivity index (χ2v) is 12.0. The van der Waals surface area contributed by atoms with Gasteiger partial charge in [-0.05, 0) is 135 Å². The normalized spacial score (nSPS) is 20.3. The Bertz CT molecular complexity index is 1480. The number of nitriles is 1. The van der Waals surface area contributed by atoms with E-state index in [1.54, 1.807) is 12.1 Å². The Morgan fingerprint density at radius 2 is 1.45 bits per heavy atom. The van der Waals surface area contributed by atoms with Crippen LogP contribution in [-0.4, -0.2) is 0 Å². The lowest BCUT2D eigenvalue weighted by Gasteiger charge is -2.32. The Hall–Kier alpha value is -3.27. The van der Waals surface area contributed by atoms with Crippen molar-refractivity contribution >= 4 is 0 Å². The number of unbranched alkanes of at least 4 members (excludes halogenated alkanes) is 1. The molecule has 5 rings (SSSR count). The molecular weight excluding hydrogens is 548 g/mol. The first-order valence-electron chi connectivity index (χ1n) is 15.1. The summed E-state index contributed by atoms with van der Waals surface area (Å²) in [5.41, 5.74) is 1.43. The molecule has 0 N–H and O–H groups in total. The third kappa shape index (κ3) is 6.09. The predicted octanol–water partition coefficient (Wildman–Crippen LogP) is 9.91. The van der Waals surface area contributed by atoms with Crippen LogP contribution in [0.1, 0.15) is 109 Å². The van der Waals surface area contributed by atoms with Crippen molar-refractivity contribution in [2.45, 2.75) is 95.8 Å². The van der Waals surface area contributed by atoms with Crippen molar-refractivity contribution in [2.24, 2.45) is 5.92 Å². The van der Waals surface area contributed by atoms with Crippen molar-refractivity contribution in [3.8, 4) is 6.07 Å². The minimum absolute atomic E-state index is 0.0000602. The van der Waals surface area contributed by atoms with Crippen LogP contribution in [0.3, 0.4) is 0 Å². The molecule has 2 aliphatic rings. The summed E-state index contributed by atoms with van der Waals surface area (Å²) in [7, 11) is 0. The molecule has 0 saturated heterocycles. The lowest BCUT2D eigenvalue weighted by atomic mass is 9.73. The SMILES string of the molecule is CCCCc1cc(F)c(CCC2CCc3c(F)c(C4CCC(c5ccc(C#N)c(F)c5)CC4)c(F)c(F)c3C2)c(F)c1. The van der Waals surface area contributed by atoms with Crippen molar-refractivity contribution in [3.63, 3.8) is 0 Å². The summed E-state index contributed by atoms with van der Waals surface area (Å²) >= 11 is 0. The van der Waals surface area contributed by atoms with Crippen LogP contribution in [0.2, 0.25) is 0 Å². The molecular formula is C35H35F6N. The molecule has 1 atom stereocenters. The van der Waals surface area contributed by atoms with E-state index in [1.807, 2.05) is 6.92 Å². The maximum absolute atomic E-state index is 15.8. The first-order chi connectivity index (χ1) is 20.2. The summed E-state index contributed by atoms with van der Waals surface area (Å²) in [6, 6.07) is 9.08. The van der Waals surface area contributed by atoms with Crippen LogP contribution in [0.15, 0.2) is 30.3 Å². The van der Waals surface area contributed by atoms with Crippen LogP contribution in [0.25, 0.3) is 0 Å². The number of halogens is 6. The van der Waals surface area contributed by atoms with Gasteiger partial charge in [-0.2, -0.15) is 5.26 Å². The highest BCUT2D eigenvalue weighted by molar-refractivity contribution is 5.41. The molecule has 7 heteroatoms. The average Bonchev–Trinajstić information content (AvgIpc) is 2.98. The Kier molecular flexibility index (Phi) is 9.30. The van der Waals surface area contributed by atoms with E-state index in [4.69, 9.17) is 5.26 Å². The van der Waals surface area contributed by atoms with Crippen molar-refractivity contribution in [1.29, 1.82) is 5.26 Å². The predicted molar refractivity (Wildman–Crippen MR) is 150 cm³/mol. The second-order valence-electron chi connectivity index (χ2n) is 12.0. The number of aryl methyl sites for hydroxylation is 1. The summed E-state index contributed by atoms with van der Waals surface area (Å²) < 4.78 is 90.0. The van der Waals surface area contributed by atoms with Crippen molar-refractivity contribution < 1.29 is 26.3 Å². The Morgan fingerprint density at radius 1 is 0.762 bits per heavy atom. The Labute approximate surface area is 243 Å². The van der Waals surface area contributed by atoms with E-state index in [9.17, 15) is 13.2 Å². The van der Waals surface area contributed by atoms with Crippen LogP contribution in [-0.2, 0) is 25.7 Å². The van der Waals surface area contributed by atoms with Crippen LogP contribution in [0.5, 0.6) is 0 Å². The Morgan fingerprint density at radius 3 is 2.10 bits per heavy atom. The highest BCUT2D eigenvalue weighted by atomic mass is 19.2. The number of benzene rings is 3. The molecule has 0 aromatic heterocycles. The average molecular weight is 584 g/mol. The van der Waals surface area contributed by atoms with E-state index >= 15 is 13.2 Å². The van der Waals surface area contributed by atoms with Gasteiger partial charge in [0.2, 0.25) is 0 Å². The molecule has 0 radical (unpaired) electrons. The topological polar surface area (TPSA) is 23.8 Å². The molecule has 0 bridgehead atoms. The van der Waals surface area contributed by atoms with Crippen LogP contribution >= 0.6 is 0 Å². The largest absolute Gasteiger partial charge is 0.207 e. The molecule has 1 fully saturated rings. The molecule has 1 unspecified atom stereocenters. The summed E-state index contributed by atoms with van der Waals surface area (Å²) in [6.45, 7) is 2.01. The third-order valence-corrected chi connectivity index (χ3v) is 9.40. The van der Waals surface area contributed by atoms with Gasteiger partial charge in [0.05, 0.1) is 5.56 Å². The maximum Gasteiger partial charge on any atom is 0.165 e. The van der Waals surface area contributed by atoms with E-state index in [0.29, 0.717) is 50.5 Å². The zero-order valence-corrected chi connectivity index (χ0v) is 23.8. The first-order valence-corrected chi connectivity index (χ1v) is 15.1. The molecule has 0 amide bonds. The van der Waals surface area contributed by atoms with Gasteiger partial charge in [0, 0.05) is 11.1 Å². The second kappa shape index (κ2) is 12.9. The fourth-order valence-electron chi connectivity index (χ4n) is 6.95. The number of rotatable bonds is 8. The van der Waals surface area contributed by atoms with Gasteiger partial charge in [0.15, 0.2) is 11.6 Å². The van der Waals surface area contributed by atoms with E-state index in [1.165, 1.54) is 24.3 Å². The molecule has 2 aliphatic carbocycles. The third-order valence-electron chi connectivity index (χ3n) is 9.40. The Balaban J connectivity index is 1.26. The quantitative estimate of drug-likeness (QED) is 0.191. The van der Waals surface area contributed by atoms with Gasteiger partial charge in [0.25, 0.3) is 0 Å². The molecule has 1 nitrogen and oxygen atoms in total. The highest BCUT2D eigenvalue weighted by Crippen LogP contribution is 2.45. The molecule has 0 spiro atoms. The first kappa shape index (κ1) is 30.2. The molecule has 3 aromatic carbocycles. The van der Waals surface area contributed by atoms with E-state index in [0.717, 1.165) is 18.4 Å². The van der Waals surface area contributed by atoms with Gasteiger partial charge in [0.1, 0.15) is 29.3 Å².